The van der Waals surface area contributed by atoms with Crippen LogP contribution in [0.4, 0.5) is 0 Å². The fraction of sp³-hybridized carbons (Fsp3) is 0.500. The molecule has 2 aromatic carbocycles. The van der Waals surface area contributed by atoms with Gasteiger partial charge in [-0.2, -0.15) is 4.31 Å². The minimum absolute atomic E-state index is 0.0552. The quantitative estimate of drug-likeness (QED) is 0.655. The highest BCUT2D eigenvalue weighted by Gasteiger charge is 2.34. The molecule has 0 saturated carbocycles. The van der Waals surface area contributed by atoms with Crippen LogP contribution in [-0.4, -0.2) is 49.7 Å². The number of hydrogen-bond donors (Lipinski definition) is 0. The first-order valence-corrected chi connectivity index (χ1v) is 13.3. The Kier molecular flexibility index (Phi) is 7.31. The van der Waals surface area contributed by atoms with Crippen molar-refractivity contribution >= 4 is 15.9 Å². The number of benzene rings is 2. The van der Waals surface area contributed by atoms with E-state index >= 15 is 0 Å². The maximum Gasteiger partial charge on any atom is 0.243 e. The maximum absolute atomic E-state index is 13.1. The fourth-order valence-electron chi connectivity index (χ4n) is 4.92. The van der Waals surface area contributed by atoms with Gasteiger partial charge >= 0.3 is 0 Å². The average molecular weight is 455 g/mol. The van der Waals surface area contributed by atoms with E-state index in [1.807, 2.05) is 24.0 Å². The summed E-state index contributed by atoms with van der Waals surface area (Å²) in [6, 6.07) is 17.6. The standard InChI is InChI=1S/C26H34N2O3S/c1-21-7-11-25(12-8-21)32(30,31)28-19-15-24(16-20-28)26(29)27-17-13-23(14-18-27)10-9-22-5-3-2-4-6-22/h2-8,11-12,23-24H,9-10,13-20H2,1H3. The molecule has 0 aromatic heterocycles. The van der Waals surface area contributed by atoms with Crippen molar-refractivity contribution in [2.75, 3.05) is 26.2 Å². The van der Waals surface area contributed by atoms with Crippen molar-refractivity contribution < 1.29 is 13.2 Å². The number of hydrogen-bond acceptors (Lipinski definition) is 3. The van der Waals surface area contributed by atoms with E-state index in [0.717, 1.165) is 37.9 Å². The number of carbonyl (C=O) groups is 1. The molecule has 1 amide bonds. The number of carbonyl (C=O) groups excluding carboxylic acids is 1. The van der Waals surface area contributed by atoms with Crippen molar-refractivity contribution in [1.82, 2.24) is 9.21 Å². The van der Waals surface area contributed by atoms with Crippen molar-refractivity contribution in [2.45, 2.75) is 50.3 Å². The number of piperidine rings is 2. The molecule has 0 unspecified atom stereocenters. The molecule has 0 spiro atoms. The molecule has 5 nitrogen and oxygen atoms in total. The second kappa shape index (κ2) is 10.2. The summed E-state index contributed by atoms with van der Waals surface area (Å²) in [5.41, 5.74) is 2.43. The van der Waals surface area contributed by atoms with E-state index in [4.69, 9.17) is 0 Å². The van der Waals surface area contributed by atoms with Crippen LogP contribution < -0.4 is 0 Å². The lowest BCUT2D eigenvalue weighted by Gasteiger charge is -2.37. The monoisotopic (exact) mass is 454 g/mol. The minimum Gasteiger partial charge on any atom is -0.342 e. The predicted octanol–water partition coefficient (Wildman–Crippen LogP) is 4.27. The number of likely N-dealkylation sites (tertiary alicyclic amines) is 1. The van der Waals surface area contributed by atoms with Crippen LogP contribution in [0.1, 0.15) is 43.2 Å². The third kappa shape index (κ3) is 5.41. The Labute approximate surface area is 192 Å². The number of amides is 1. The van der Waals surface area contributed by atoms with Crippen LogP contribution in [0, 0.1) is 18.8 Å². The molecule has 2 saturated heterocycles. The topological polar surface area (TPSA) is 57.7 Å². The van der Waals surface area contributed by atoms with E-state index in [1.54, 1.807) is 12.1 Å². The first-order valence-electron chi connectivity index (χ1n) is 11.8. The molecule has 4 rings (SSSR count). The van der Waals surface area contributed by atoms with Crippen molar-refractivity contribution in [1.29, 1.82) is 0 Å². The summed E-state index contributed by atoms with van der Waals surface area (Å²) in [5, 5.41) is 0. The van der Waals surface area contributed by atoms with Crippen molar-refractivity contribution in [2.24, 2.45) is 11.8 Å². The first-order chi connectivity index (χ1) is 15.4. The van der Waals surface area contributed by atoms with Gasteiger partial charge in [-0.05, 0) is 69.1 Å². The van der Waals surface area contributed by atoms with Gasteiger partial charge in [0.2, 0.25) is 15.9 Å². The van der Waals surface area contributed by atoms with Crippen LogP contribution in [0.2, 0.25) is 0 Å². The van der Waals surface area contributed by atoms with Gasteiger partial charge in [-0.15, -0.1) is 0 Å². The second-order valence-corrected chi connectivity index (χ2v) is 11.2. The van der Waals surface area contributed by atoms with Crippen LogP contribution in [-0.2, 0) is 21.2 Å². The van der Waals surface area contributed by atoms with Gasteiger partial charge in [0, 0.05) is 32.1 Å². The zero-order valence-corrected chi connectivity index (χ0v) is 19.8. The smallest absolute Gasteiger partial charge is 0.243 e. The predicted molar refractivity (Wildman–Crippen MR) is 127 cm³/mol. The average Bonchev–Trinajstić information content (AvgIpc) is 2.84. The Bertz CT molecular complexity index is 989. The third-order valence-corrected chi connectivity index (χ3v) is 8.99. The SMILES string of the molecule is Cc1ccc(S(=O)(=O)N2CCC(C(=O)N3CCC(CCc4ccccc4)CC3)CC2)cc1. The molecule has 2 heterocycles. The van der Waals surface area contributed by atoms with Gasteiger partial charge in [0.05, 0.1) is 4.90 Å². The van der Waals surface area contributed by atoms with Gasteiger partial charge in [-0.25, -0.2) is 8.42 Å². The van der Waals surface area contributed by atoms with Crippen molar-refractivity contribution in [3.8, 4) is 0 Å². The molecule has 2 aliphatic rings. The van der Waals surface area contributed by atoms with E-state index in [-0.39, 0.29) is 11.8 Å². The van der Waals surface area contributed by atoms with E-state index in [0.29, 0.717) is 36.7 Å². The molecule has 0 radical (unpaired) electrons. The Hall–Kier alpha value is -2.18. The first kappa shape index (κ1) is 23.0. The lowest BCUT2D eigenvalue weighted by Crippen LogP contribution is -2.46. The molecule has 0 N–H and O–H groups in total. The fourth-order valence-corrected chi connectivity index (χ4v) is 6.39. The lowest BCUT2D eigenvalue weighted by molar-refractivity contribution is -0.138. The summed E-state index contributed by atoms with van der Waals surface area (Å²) in [5.74, 6) is 0.847. The molecule has 6 heteroatoms. The van der Waals surface area contributed by atoms with Gasteiger partial charge in [-0.3, -0.25) is 4.79 Å². The van der Waals surface area contributed by atoms with Crippen LogP contribution in [0.5, 0.6) is 0 Å². The zero-order valence-electron chi connectivity index (χ0n) is 18.9. The molecular weight excluding hydrogens is 420 g/mol. The molecule has 32 heavy (non-hydrogen) atoms. The van der Waals surface area contributed by atoms with Crippen LogP contribution in [0.15, 0.2) is 59.5 Å². The van der Waals surface area contributed by atoms with Crippen LogP contribution in [0.3, 0.4) is 0 Å². The van der Waals surface area contributed by atoms with Gasteiger partial charge < -0.3 is 4.90 Å². The Morgan fingerprint density at radius 3 is 2.12 bits per heavy atom. The normalized spacial score (nSPS) is 19.2. The Morgan fingerprint density at radius 2 is 1.50 bits per heavy atom. The molecule has 2 aromatic rings. The van der Waals surface area contributed by atoms with E-state index in [9.17, 15) is 13.2 Å². The highest BCUT2D eigenvalue weighted by molar-refractivity contribution is 7.89. The molecule has 2 aliphatic heterocycles. The summed E-state index contributed by atoms with van der Waals surface area (Å²) >= 11 is 0. The van der Waals surface area contributed by atoms with Crippen molar-refractivity contribution in [3.05, 3.63) is 65.7 Å². The molecule has 0 atom stereocenters. The van der Waals surface area contributed by atoms with Crippen molar-refractivity contribution in [3.63, 3.8) is 0 Å². The van der Waals surface area contributed by atoms with E-state index in [1.165, 1.54) is 16.3 Å². The largest absolute Gasteiger partial charge is 0.342 e. The van der Waals surface area contributed by atoms with Gasteiger partial charge in [0.15, 0.2) is 0 Å². The zero-order chi connectivity index (χ0) is 22.6. The van der Waals surface area contributed by atoms with Gasteiger partial charge in [0.1, 0.15) is 0 Å². The lowest BCUT2D eigenvalue weighted by atomic mass is 9.89. The molecular formula is C26H34N2O3S. The number of rotatable bonds is 6. The van der Waals surface area contributed by atoms with Gasteiger partial charge in [0.25, 0.3) is 0 Å². The number of sulfonamides is 1. The maximum atomic E-state index is 13.1. The highest BCUT2D eigenvalue weighted by Crippen LogP contribution is 2.28. The number of nitrogens with zero attached hydrogens (tertiary/aromatic N) is 2. The molecule has 0 aliphatic carbocycles. The van der Waals surface area contributed by atoms with E-state index in [2.05, 4.69) is 30.3 Å². The van der Waals surface area contributed by atoms with Gasteiger partial charge in [-0.1, -0.05) is 48.0 Å². The molecule has 2 fully saturated rings. The summed E-state index contributed by atoms with van der Waals surface area (Å²) in [7, 11) is -3.48. The molecule has 172 valence electrons. The van der Waals surface area contributed by atoms with Crippen LogP contribution in [0.25, 0.3) is 0 Å². The van der Waals surface area contributed by atoms with E-state index < -0.39 is 10.0 Å². The summed E-state index contributed by atoms with van der Waals surface area (Å²) in [6.45, 7) is 4.44. The molecule has 0 bridgehead atoms. The Morgan fingerprint density at radius 1 is 0.875 bits per heavy atom. The second-order valence-electron chi connectivity index (χ2n) is 9.28. The summed E-state index contributed by atoms with van der Waals surface area (Å²) < 4.78 is 27.4. The summed E-state index contributed by atoms with van der Waals surface area (Å²) in [4.78, 5) is 15.4. The number of aryl methyl sites for hydroxylation is 2. The summed E-state index contributed by atoms with van der Waals surface area (Å²) in [6.07, 6.45) is 5.64. The van der Waals surface area contributed by atoms with Crippen LogP contribution >= 0.6 is 0 Å². The highest BCUT2D eigenvalue weighted by atomic mass is 32.2. The minimum atomic E-state index is -3.48. The Balaban J connectivity index is 1.24. The third-order valence-electron chi connectivity index (χ3n) is 7.07.